The van der Waals surface area contributed by atoms with Crippen molar-refractivity contribution in [1.82, 2.24) is 0 Å². The van der Waals surface area contributed by atoms with Crippen molar-refractivity contribution in [2.45, 2.75) is 0 Å². The molecule has 1 unspecified atom stereocenters. The Morgan fingerprint density at radius 3 is 2.79 bits per heavy atom. The molecule has 0 bridgehead atoms. The summed E-state index contributed by atoms with van der Waals surface area (Å²) in [5, 5.41) is 0.306. The van der Waals surface area contributed by atoms with E-state index in [9.17, 15) is 9.35 Å². The van der Waals surface area contributed by atoms with E-state index in [0.717, 1.165) is 0 Å². The van der Waals surface area contributed by atoms with Crippen LogP contribution in [0.15, 0.2) is 18.2 Å². The summed E-state index contributed by atoms with van der Waals surface area (Å²) >= 11 is 4.63. The topological polar surface area (TPSA) is 66.1 Å². The van der Waals surface area contributed by atoms with Crippen LogP contribution in [0.1, 0.15) is 10.4 Å². The Hall–Kier alpha value is -0.710. The second-order valence-corrected chi connectivity index (χ2v) is 4.69. The van der Waals surface area contributed by atoms with Gasteiger partial charge in [0.05, 0.1) is 16.8 Å². The minimum absolute atomic E-state index is 0.0477. The molecule has 0 aliphatic rings. The Morgan fingerprint density at radius 1 is 1.64 bits per heavy atom. The van der Waals surface area contributed by atoms with Crippen molar-refractivity contribution in [2.24, 2.45) is 0 Å². The van der Waals surface area contributed by atoms with E-state index < -0.39 is 11.2 Å². The largest absolute Gasteiger partial charge is 0.616 e. The number of hydrogen-bond donors (Lipinski definition) is 1. The summed E-state index contributed by atoms with van der Waals surface area (Å²) in [4.78, 5) is 11.5. The zero-order valence-electron chi connectivity index (χ0n) is 7.62. The van der Waals surface area contributed by atoms with Crippen molar-refractivity contribution in [2.75, 3.05) is 17.7 Å². The molecular weight excluding hydrogens is 222 g/mol. The van der Waals surface area contributed by atoms with E-state index in [1.165, 1.54) is 6.26 Å². The first-order valence-electron chi connectivity index (χ1n) is 3.89. The van der Waals surface area contributed by atoms with Crippen molar-refractivity contribution in [3.63, 3.8) is 0 Å². The van der Waals surface area contributed by atoms with Crippen molar-refractivity contribution in [3.05, 3.63) is 28.8 Å². The maximum absolute atomic E-state index is 11.5. The number of carbonyl (C=O) groups is 1. The summed E-state index contributed by atoms with van der Waals surface area (Å²) in [7, 11) is 0. The Bertz CT molecular complexity index is 334. The van der Waals surface area contributed by atoms with Crippen LogP contribution in [-0.2, 0) is 11.2 Å². The minimum Gasteiger partial charge on any atom is -0.616 e. The maximum atomic E-state index is 11.5. The number of anilines is 1. The van der Waals surface area contributed by atoms with Crippen LogP contribution in [-0.4, -0.2) is 22.3 Å². The van der Waals surface area contributed by atoms with Crippen LogP contribution >= 0.6 is 11.6 Å². The highest BCUT2D eigenvalue weighted by molar-refractivity contribution is 7.91. The van der Waals surface area contributed by atoms with Crippen LogP contribution in [0.25, 0.3) is 0 Å². The van der Waals surface area contributed by atoms with Gasteiger partial charge in [0.1, 0.15) is 0 Å². The molecule has 1 atom stereocenters. The Labute approximate surface area is 90.4 Å². The molecule has 0 aromatic heterocycles. The number of nitrogens with two attached hydrogens (primary N) is 1. The fourth-order valence-electron chi connectivity index (χ4n) is 1.09. The SMILES string of the molecule is C[S+]([O-])CC(=O)c1c(N)cccc1Cl. The number of hydrogen-bond acceptors (Lipinski definition) is 3. The summed E-state index contributed by atoms with van der Waals surface area (Å²) in [6.07, 6.45) is 1.46. The highest BCUT2D eigenvalue weighted by Gasteiger charge is 2.17. The molecule has 0 radical (unpaired) electrons. The third kappa shape index (κ3) is 2.64. The van der Waals surface area contributed by atoms with Gasteiger partial charge in [-0.2, -0.15) is 0 Å². The standard InChI is InChI=1S/C9H10ClNO2S/c1-14(13)5-8(12)9-6(10)3-2-4-7(9)11/h2-4H,5,11H2,1H3. The molecule has 2 N–H and O–H groups in total. The van der Waals surface area contributed by atoms with Gasteiger partial charge in [-0.05, 0) is 23.3 Å². The molecule has 0 fully saturated rings. The van der Waals surface area contributed by atoms with Crippen molar-refractivity contribution < 1.29 is 9.35 Å². The highest BCUT2D eigenvalue weighted by Crippen LogP contribution is 2.22. The molecule has 0 saturated carbocycles. The van der Waals surface area contributed by atoms with Crippen LogP contribution in [0.5, 0.6) is 0 Å². The lowest BCUT2D eigenvalue weighted by Gasteiger charge is -2.07. The lowest BCUT2D eigenvalue weighted by atomic mass is 10.1. The van der Waals surface area contributed by atoms with Crippen molar-refractivity contribution >= 4 is 34.2 Å². The smallest absolute Gasteiger partial charge is 0.215 e. The first kappa shape index (κ1) is 11.4. The Balaban J connectivity index is 3.00. The number of benzene rings is 1. The molecule has 0 aliphatic heterocycles. The van der Waals surface area contributed by atoms with Crippen LogP contribution in [0.4, 0.5) is 5.69 Å². The first-order valence-corrected chi connectivity index (χ1v) is 6.00. The average molecular weight is 232 g/mol. The second-order valence-electron chi connectivity index (χ2n) is 2.84. The molecule has 5 heteroatoms. The van der Waals surface area contributed by atoms with Crippen molar-refractivity contribution in [1.29, 1.82) is 0 Å². The van der Waals surface area contributed by atoms with Crippen LogP contribution < -0.4 is 5.73 Å². The minimum atomic E-state index is -1.18. The molecule has 3 nitrogen and oxygen atoms in total. The molecule has 0 aliphatic carbocycles. The molecule has 1 rings (SSSR count). The molecule has 76 valence electrons. The predicted molar refractivity (Wildman–Crippen MR) is 59.1 cm³/mol. The second kappa shape index (κ2) is 4.68. The van der Waals surface area contributed by atoms with Gasteiger partial charge in [-0.3, -0.25) is 4.79 Å². The van der Waals surface area contributed by atoms with Gasteiger partial charge in [0.15, 0.2) is 5.75 Å². The molecule has 0 amide bonds. The van der Waals surface area contributed by atoms with E-state index in [1.807, 2.05) is 0 Å². The van der Waals surface area contributed by atoms with Crippen LogP contribution in [0.3, 0.4) is 0 Å². The molecule has 1 aromatic rings. The van der Waals surface area contributed by atoms with Crippen LogP contribution in [0.2, 0.25) is 5.02 Å². The zero-order chi connectivity index (χ0) is 10.7. The van der Waals surface area contributed by atoms with Gasteiger partial charge in [0.25, 0.3) is 0 Å². The number of nitrogen functional groups attached to an aromatic ring is 1. The number of ketones is 1. The average Bonchev–Trinajstić information content (AvgIpc) is 2.01. The van der Waals surface area contributed by atoms with Gasteiger partial charge in [0.2, 0.25) is 5.78 Å². The Kier molecular flexibility index (Phi) is 3.80. The molecule has 0 heterocycles. The van der Waals surface area contributed by atoms with Crippen molar-refractivity contribution in [3.8, 4) is 0 Å². The zero-order valence-corrected chi connectivity index (χ0v) is 9.19. The van der Waals surface area contributed by atoms with Gasteiger partial charge in [0, 0.05) is 5.69 Å². The fourth-order valence-corrected chi connectivity index (χ4v) is 1.89. The summed E-state index contributed by atoms with van der Waals surface area (Å²) in [5.41, 5.74) is 6.19. The number of halogens is 1. The highest BCUT2D eigenvalue weighted by atomic mass is 35.5. The summed E-state index contributed by atoms with van der Waals surface area (Å²) in [6, 6.07) is 4.85. The first-order chi connectivity index (χ1) is 6.52. The molecule has 14 heavy (non-hydrogen) atoms. The number of Topliss-reactive ketones (excluding diaryl/α,β-unsaturated/α-hetero) is 1. The van der Waals surface area contributed by atoms with Gasteiger partial charge in [-0.15, -0.1) is 0 Å². The molecule has 1 aromatic carbocycles. The normalized spacial score (nSPS) is 12.5. The predicted octanol–water partition coefficient (Wildman–Crippen LogP) is 1.48. The van der Waals surface area contributed by atoms with E-state index in [1.54, 1.807) is 18.2 Å². The van der Waals surface area contributed by atoms with E-state index in [2.05, 4.69) is 0 Å². The van der Waals surface area contributed by atoms with Gasteiger partial charge < -0.3 is 10.3 Å². The molecule has 0 spiro atoms. The summed E-state index contributed by atoms with van der Waals surface area (Å²) < 4.78 is 10.9. The monoisotopic (exact) mass is 231 g/mol. The fraction of sp³-hybridized carbons (Fsp3) is 0.222. The van der Waals surface area contributed by atoms with Gasteiger partial charge >= 0.3 is 0 Å². The van der Waals surface area contributed by atoms with Gasteiger partial charge in [-0.25, -0.2) is 0 Å². The summed E-state index contributed by atoms with van der Waals surface area (Å²) in [6.45, 7) is 0. The van der Waals surface area contributed by atoms with E-state index >= 15 is 0 Å². The van der Waals surface area contributed by atoms with E-state index in [4.69, 9.17) is 17.3 Å². The van der Waals surface area contributed by atoms with E-state index in [-0.39, 0.29) is 17.1 Å². The Morgan fingerprint density at radius 2 is 2.29 bits per heavy atom. The quantitative estimate of drug-likeness (QED) is 0.487. The maximum Gasteiger partial charge on any atom is 0.215 e. The lowest BCUT2D eigenvalue weighted by molar-refractivity contribution is 0.102. The van der Waals surface area contributed by atoms with Gasteiger partial charge in [-0.1, -0.05) is 17.7 Å². The summed E-state index contributed by atoms with van der Waals surface area (Å²) in [5.74, 6) is -0.331. The lowest BCUT2D eigenvalue weighted by Crippen LogP contribution is -2.16. The molecule has 0 saturated heterocycles. The third-order valence-electron chi connectivity index (χ3n) is 1.66. The third-order valence-corrected chi connectivity index (χ3v) is 2.64. The van der Waals surface area contributed by atoms with Crippen LogP contribution in [0, 0.1) is 0 Å². The van der Waals surface area contributed by atoms with E-state index in [0.29, 0.717) is 10.7 Å². The number of rotatable bonds is 3. The molecular formula is C9H10ClNO2S. The number of carbonyl (C=O) groups excluding carboxylic acids is 1.